The molecule has 1 aliphatic rings. The van der Waals surface area contributed by atoms with Crippen LogP contribution in [-0.2, 0) is 9.59 Å². The highest BCUT2D eigenvalue weighted by molar-refractivity contribution is 6.20. The molecular weight excluding hydrogens is 396 g/mol. The summed E-state index contributed by atoms with van der Waals surface area (Å²) in [6, 6.07) is 12.6. The highest BCUT2D eigenvalue weighted by Crippen LogP contribution is 2.34. The molecule has 3 amide bonds. The smallest absolute Gasteiger partial charge is 0.276 e. The Kier molecular flexibility index (Phi) is 6.29. The average Bonchev–Trinajstić information content (AvgIpc) is 3.01. The molecule has 0 radical (unpaired) electrons. The minimum Gasteiger partial charge on any atom is -0.505 e. The molecule has 1 atom stereocenters. The third-order valence-corrected chi connectivity index (χ3v) is 5.13. The van der Waals surface area contributed by atoms with Crippen LogP contribution in [0.3, 0.4) is 0 Å². The van der Waals surface area contributed by atoms with E-state index in [1.165, 1.54) is 11.0 Å². The molecule has 162 valence electrons. The van der Waals surface area contributed by atoms with Crippen LogP contribution in [0.4, 0.5) is 5.69 Å². The van der Waals surface area contributed by atoms with Crippen molar-refractivity contribution in [3.63, 3.8) is 0 Å². The Labute approximate surface area is 180 Å². The van der Waals surface area contributed by atoms with Gasteiger partial charge in [0.05, 0.1) is 17.3 Å². The van der Waals surface area contributed by atoms with Gasteiger partial charge in [-0.1, -0.05) is 43.3 Å². The van der Waals surface area contributed by atoms with Crippen molar-refractivity contribution < 1.29 is 19.5 Å². The van der Waals surface area contributed by atoms with E-state index in [2.05, 4.69) is 16.0 Å². The molecule has 0 aromatic heterocycles. The van der Waals surface area contributed by atoms with Gasteiger partial charge in [0.25, 0.3) is 17.7 Å². The summed E-state index contributed by atoms with van der Waals surface area (Å²) in [6.07, 6.45) is 0.680. The molecule has 2 aromatic carbocycles. The van der Waals surface area contributed by atoms with Crippen LogP contribution in [0.15, 0.2) is 53.9 Å². The van der Waals surface area contributed by atoms with Crippen LogP contribution in [0.1, 0.15) is 40.9 Å². The molecule has 4 N–H and O–H groups in total. The van der Waals surface area contributed by atoms with Crippen LogP contribution in [0.2, 0.25) is 0 Å². The van der Waals surface area contributed by atoms with E-state index in [1.54, 1.807) is 27.1 Å². The van der Waals surface area contributed by atoms with Crippen molar-refractivity contribution in [2.24, 2.45) is 0 Å². The number of nitrogens with zero attached hydrogens (tertiary/aromatic N) is 1. The fourth-order valence-corrected chi connectivity index (χ4v) is 3.38. The molecule has 0 aliphatic carbocycles. The minimum absolute atomic E-state index is 0.00719. The van der Waals surface area contributed by atoms with Crippen molar-refractivity contribution in [1.29, 1.82) is 0 Å². The normalized spacial score (nSPS) is 14.3. The number of rotatable bonds is 7. The highest BCUT2D eigenvalue weighted by Gasteiger charge is 2.33. The number of carbonyl (C=O) groups is 3. The van der Waals surface area contributed by atoms with Crippen molar-refractivity contribution >= 4 is 23.4 Å². The minimum atomic E-state index is -0.612. The Morgan fingerprint density at radius 2 is 1.71 bits per heavy atom. The van der Waals surface area contributed by atoms with Crippen LogP contribution in [0.5, 0.6) is 5.75 Å². The Balaban J connectivity index is 2.01. The van der Waals surface area contributed by atoms with Gasteiger partial charge in [-0.3, -0.25) is 19.7 Å². The Morgan fingerprint density at radius 1 is 1.06 bits per heavy atom. The molecule has 2 aromatic rings. The lowest BCUT2D eigenvalue weighted by atomic mass is 10.0. The molecule has 0 fully saturated rings. The van der Waals surface area contributed by atoms with E-state index in [0.29, 0.717) is 12.0 Å². The number of benzene rings is 2. The number of hydrogen-bond acceptors (Lipinski definition) is 6. The number of carbonyl (C=O) groups excluding carboxylic acids is 3. The summed E-state index contributed by atoms with van der Waals surface area (Å²) in [6.45, 7) is 3.70. The van der Waals surface area contributed by atoms with Gasteiger partial charge in [0, 0.05) is 14.1 Å². The number of anilines is 1. The van der Waals surface area contributed by atoms with Crippen LogP contribution >= 0.6 is 0 Å². The van der Waals surface area contributed by atoms with Gasteiger partial charge in [0.15, 0.2) is 5.75 Å². The lowest BCUT2D eigenvalue weighted by molar-refractivity contribution is -0.124. The first-order chi connectivity index (χ1) is 14.7. The predicted molar refractivity (Wildman–Crippen MR) is 117 cm³/mol. The molecule has 0 saturated carbocycles. The lowest BCUT2D eigenvalue weighted by Gasteiger charge is -2.20. The second kappa shape index (κ2) is 8.91. The van der Waals surface area contributed by atoms with Crippen molar-refractivity contribution in [1.82, 2.24) is 15.5 Å². The zero-order chi connectivity index (χ0) is 22.7. The maximum atomic E-state index is 12.5. The maximum Gasteiger partial charge on any atom is 0.276 e. The second-order valence-electron chi connectivity index (χ2n) is 7.53. The molecule has 1 aliphatic heterocycles. The monoisotopic (exact) mass is 422 g/mol. The summed E-state index contributed by atoms with van der Waals surface area (Å²) < 4.78 is 0. The van der Waals surface area contributed by atoms with E-state index in [4.69, 9.17) is 0 Å². The number of phenolic OH excluding ortho intramolecular Hbond substituents is 1. The van der Waals surface area contributed by atoms with Crippen LogP contribution in [0.25, 0.3) is 0 Å². The van der Waals surface area contributed by atoms with Gasteiger partial charge in [-0.15, -0.1) is 0 Å². The lowest BCUT2D eigenvalue weighted by Crippen LogP contribution is -2.29. The van der Waals surface area contributed by atoms with E-state index in [-0.39, 0.29) is 40.3 Å². The van der Waals surface area contributed by atoms with Crippen molar-refractivity contribution in [2.45, 2.75) is 26.3 Å². The number of imide groups is 1. The first-order valence-electron chi connectivity index (χ1n) is 9.97. The molecule has 0 bridgehead atoms. The topological polar surface area (TPSA) is 111 Å². The molecule has 0 spiro atoms. The average molecular weight is 422 g/mol. The van der Waals surface area contributed by atoms with Crippen molar-refractivity contribution in [3.05, 3.63) is 70.5 Å². The van der Waals surface area contributed by atoms with Gasteiger partial charge >= 0.3 is 0 Å². The predicted octanol–water partition coefficient (Wildman–Crippen LogP) is 2.42. The van der Waals surface area contributed by atoms with Crippen LogP contribution in [0, 0.1) is 6.92 Å². The third kappa shape index (κ3) is 4.37. The Bertz CT molecular complexity index is 1060. The molecule has 8 nitrogen and oxygen atoms in total. The molecule has 1 heterocycles. The highest BCUT2D eigenvalue weighted by atomic mass is 16.3. The first kappa shape index (κ1) is 21.9. The molecule has 8 heteroatoms. The molecular formula is C23H26N4O4. The second-order valence-corrected chi connectivity index (χ2v) is 7.53. The van der Waals surface area contributed by atoms with Gasteiger partial charge in [-0.2, -0.15) is 0 Å². The number of aryl methyl sites for hydroxylation is 1. The summed E-state index contributed by atoms with van der Waals surface area (Å²) in [5.74, 6) is -1.83. The zero-order valence-corrected chi connectivity index (χ0v) is 17.9. The standard InChI is InChI=1S/C23H26N4O4/c1-5-16(14-9-7-6-8-10-14)24-18-19(22(30)26-21(18)29)25-17-13(2)11-12-15(20(17)28)23(31)27(3)4/h6-12,16,28H,5H2,1-4H3,(H3,24,25,26,29,30)/t16-/m1/s1. The summed E-state index contributed by atoms with van der Waals surface area (Å²) in [4.78, 5) is 38.7. The number of hydrogen-bond donors (Lipinski definition) is 4. The van der Waals surface area contributed by atoms with E-state index >= 15 is 0 Å². The fraction of sp³-hybridized carbons (Fsp3) is 0.261. The van der Waals surface area contributed by atoms with E-state index in [0.717, 1.165) is 5.56 Å². The summed E-state index contributed by atoms with van der Waals surface area (Å²) in [5, 5.41) is 19.0. The van der Waals surface area contributed by atoms with Gasteiger partial charge in [-0.25, -0.2) is 0 Å². The Morgan fingerprint density at radius 3 is 2.32 bits per heavy atom. The van der Waals surface area contributed by atoms with Crippen molar-refractivity contribution in [2.75, 3.05) is 19.4 Å². The third-order valence-electron chi connectivity index (χ3n) is 5.13. The Hall–Kier alpha value is -3.81. The van der Waals surface area contributed by atoms with Gasteiger partial charge in [0.2, 0.25) is 0 Å². The SMILES string of the molecule is CC[C@@H](NC1=C(Nc2c(C)ccc(C(=O)N(C)C)c2O)C(=O)NC1=O)c1ccccc1. The number of amides is 3. The molecule has 3 rings (SSSR count). The van der Waals surface area contributed by atoms with Crippen LogP contribution < -0.4 is 16.0 Å². The molecule has 0 saturated heterocycles. The molecule has 0 unspecified atom stereocenters. The van der Waals surface area contributed by atoms with Crippen LogP contribution in [-0.4, -0.2) is 41.8 Å². The number of phenols is 1. The quantitative estimate of drug-likeness (QED) is 0.403. The summed E-state index contributed by atoms with van der Waals surface area (Å²) in [7, 11) is 3.16. The fourth-order valence-electron chi connectivity index (χ4n) is 3.38. The van der Waals surface area contributed by atoms with Gasteiger partial charge in [-0.05, 0) is 30.5 Å². The summed E-state index contributed by atoms with van der Waals surface area (Å²) >= 11 is 0. The zero-order valence-electron chi connectivity index (χ0n) is 17.9. The summed E-state index contributed by atoms with van der Waals surface area (Å²) in [5.41, 5.74) is 1.95. The number of nitrogens with one attached hydrogen (secondary N) is 3. The number of aromatic hydroxyl groups is 1. The van der Waals surface area contributed by atoms with Crippen molar-refractivity contribution in [3.8, 4) is 5.75 Å². The maximum absolute atomic E-state index is 12.5. The van der Waals surface area contributed by atoms with Gasteiger partial charge in [0.1, 0.15) is 11.4 Å². The first-order valence-corrected chi connectivity index (χ1v) is 9.97. The molecule has 31 heavy (non-hydrogen) atoms. The van der Waals surface area contributed by atoms with Gasteiger partial charge < -0.3 is 20.6 Å². The van der Waals surface area contributed by atoms with E-state index in [1.807, 2.05) is 37.3 Å². The van der Waals surface area contributed by atoms with E-state index < -0.39 is 11.8 Å². The van der Waals surface area contributed by atoms with E-state index in [9.17, 15) is 19.5 Å². The largest absolute Gasteiger partial charge is 0.505 e.